The van der Waals surface area contributed by atoms with E-state index in [1.54, 1.807) is 24.7 Å². The summed E-state index contributed by atoms with van der Waals surface area (Å²) < 4.78 is 16.5. The minimum atomic E-state index is -0.776. The highest BCUT2D eigenvalue weighted by molar-refractivity contribution is 6.06. The summed E-state index contributed by atoms with van der Waals surface area (Å²) in [6.07, 6.45) is 7.66. The van der Waals surface area contributed by atoms with Crippen LogP contribution in [0.5, 0.6) is 0 Å². The number of amides is 1. The van der Waals surface area contributed by atoms with Gasteiger partial charge in [-0.25, -0.2) is 4.39 Å². The maximum atomic E-state index is 14.6. The Hall–Kier alpha value is -4.00. The number of benzene rings is 2. The highest BCUT2D eigenvalue weighted by Crippen LogP contribution is 2.28. The van der Waals surface area contributed by atoms with Gasteiger partial charge in [0, 0.05) is 36.6 Å². The Kier molecular flexibility index (Phi) is 6.31. The molecule has 1 aliphatic rings. The van der Waals surface area contributed by atoms with Crippen LogP contribution in [0.1, 0.15) is 41.6 Å². The summed E-state index contributed by atoms with van der Waals surface area (Å²) in [5.74, 6) is -1.75. The van der Waals surface area contributed by atoms with Crippen molar-refractivity contribution in [2.45, 2.75) is 38.3 Å². The van der Waals surface area contributed by atoms with Gasteiger partial charge in [0.25, 0.3) is 5.91 Å². The fraction of sp³-hybridized carbons (Fsp3) is 0.250. The molecule has 0 saturated heterocycles. The third-order valence-corrected chi connectivity index (χ3v) is 6.85. The maximum Gasteiger partial charge on any atom is 0.306 e. The number of hydrogen-bond donors (Lipinski definition) is 2. The van der Waals surface area contributed by atoms with E-state index in [1.165, 1.54) is 12.1 Å². The Labute approximate surface area is 202 Å². The number of rotatable bonds is 6. The zero-order chi connectivity index (χ0) is 24.4. The summed E-state index contributed by atoms with van der Waals surface area (Å²) in [5, 5.41) is 12.6. The molecule has 0 bridgehead atoms. The first-order valence-electron chi connectivity index (χ1n) is 11.8. The lowest BCUT2D eigenvalue weighted by molar-refractivity contribution is -0.142. The van der Waals surface area contributed by atoms with Gasteiger partial charge in [-0.1, -0.05) is 24.3 Å². The van der Waals surface area contributed by atoms with Crippen molar-refractivity contribution in [1.29, 1.82) is 0 Å². The molecule has 0 spiro atoms. The number of aromatic nitrogens is 2. The Morgan fingerprint density at radius 1 is 0.943 bits per heavy atom. The van der Waals surface area contributed by atoms with Gasteiger partial charge in [0.05, 0.1) is 17.0 Å². The smallest absolute Gasteiger partial charge is 0.306 e. The van der Waals surface area contributed by atoms with Crippen LogP contribution in [0.25, 0.3) is 22.0 Å². The Bertz CT molecular complexity index is 1360. The number of hydrogen-bond acceptors (Lipinski definition) is 3. The lowest BCUT2D eigenvalue weighted by Gasteiger charge is -2.27. The molecule has 0 atom stereocenters. The summed E-state index contributed by atoms with van der Waals surface area (Å²) in [6.45, 7) is 0.494. The predicted molar refractivity (Wildman–Crippen MR) is 132 cm³/mol. The van der Waals surface area contributed by atoms with Crippen LogP contribution in [0, 0.1) is 11.7 Å². The molecule has 5 rings (SSSR count). The lowest BCUT2D eigenvalue weighted by atomic mass is 9.86. The van der Waals surface area contributed by atoms with Crippen molar-refractivity contribution in [2.24, 2.45) is 5.92 Å². The van der Waals surface area contributed by atoms with E-state index < -0.39 is 5.97 Å². The van der Waals surface area contributed by atoms with E-state index in [0.29, 0.717) is 48.7 Å². The second kappa shape index (κ2) is 9.70. The Balaban J connectivity index is 1.37. The summed E-state index contributed by atoms with van der Waals surface area (Å²) >= 11 is 0. The molecule has 178 valence electrons. The molecule has 4 aromatic rings. The van der Waals surface area contributed by atoms with Crippen LogP contribution >= 0.6 is 0 Å². The van der Waals surface area contributed by atoms with E-state index >= 15 is 0 Å². The third kappa shape index (κ3) is 4.80. The predicted octanol–water partition coefficient (Wildman–Crippen LogP) is 5.26. The lowest BCUT2D eigenvalue weighted by Crippen LogP contribution is -2.38. The van der Waals surface area contributed by atoms with Gasteiger partial charge in [-0.05, 0) is 72.7 Å². The minimum absolute atomic E-state index is 0.0812. The number of nitrogens with one attached hydrogen (secondary N) is 1. The highest BCUT2D eigenvalue weighted by atomic mass is 19.1. The first-order chi connectivity index (χ1) is 17.0. The molecule has 0 unspecified atom stereocenters. The molecule has 35 heavy (non-hydrogen) atoms. The van der Waals surface area contributed by atoms with Crippen molar-refractivity contribution in [2.75, 3.05) is 0 Å². The van der Waals surface area contributed by atoms with Crippen LogP contribution in [0.2, 0.25) is 0 Å². The number of carbonyl (C=O) groups is 2. The molecule has 0 radical (unpaired) electrons. The molecular weight excluding hydrogens is 445 g/mol. The van der Waals surface area contributed by atoms with Gasteiger partial charge < -0.3 is 15.0 Å². The summed E-state index contributed by atoms with van der Waals surface area (Å²) in [4.78, 5) is 28.4. The number of pyridine rings is 1. The number of carbonyl (C=O) groups excluding carboxylic acids is 1. The molecule has 2 aromatic carbocycles. The third-order valence-electron chi connectivity index (χ3n) is 6.85. The van der Waals surface area contributed by atoms with E-state index in [4.69, 9.17) is 0 Å². The van der Waals surface area contributed by atoms with E-state index in [1.807, 2.05) is 41.0 Å². The number of halogens is 1. The number of fused-ring (bicyclic) bond motifs is 1. The van der Waals surface area contributed by atoms with Crippen molar-refractivity contribution >= 4 is 22.8 Å². The van der Waals surface area contributed by atoms with Crippen LogP contribution in [-0.2, 0) is 11.3 Å². The SMILES string of the molecule is O=C(NC1CCC(C(=O)O)CC1)c1ccc(F)c2ccn(Cc3ccc(-c4ccncc4)cc3)c12. The van der Waals surface area contributed by atoms with Crippen LogP contribution < -0.4 is 5.32 Å². The van der Waals surface area contributed by atoms with Gasteiger partial charge in [0.2, 0.25) is 0 Å². The van der Waals surface area contributed by atoms with Crippen LogP contribution in [0.3, 0.4) is 0 Å². The number of nitrogens with zero attached hydrogens (tertiary/aromatic N) is 2. The second-order valence-corrected chi connectivity index (χ2v) is 9.09. The average molecular weight is 472 g/mol. The molecule has 6 nitrogen and oxygen atoms in total. The number of carboxylic acids is 1. The molecular formula is C28H26FN3O3. The van der Waals surface area contributed by atoms with Gasteiger partial charge in [-0.2, -0.15) is 0 Å². The summed E-state index contributed by atoms with van der Waals surface area (Å²) in [6, 6.07) is 16.5. The monoisotopic (exact) mass is 471 g/mol. The van der Waals surface area contributed by atoms with Crippen molar-refractivity contribution in [1.82, 2.24) is 14.9 Å². The van der Waals surface area contributed by atoms with E-state index in [0.717, 1.165) is 16.7 Å². The van der Waals surface area contributed by atoms with Crippen molar-refractivity contribution in [3.63, 3.8) is 0 Å². The quantitative estimate of drug-likeness (QED) is 0.402. The zero-order valence-electron chi connectivity index (χ0n) is 19.2. The van der Waals surface area contributed by atoms with E-state index in [2.05, 4.69) is 10.3 Å². The van der Waals surface area contributed by atoms with E-state index in [-0.39, 0.29) is 23.7 Å². The Morgan fingerprint density at radius 2 is 1.63 bits per heavy atom. The molecule has 2 N–H and O–H groups in total. The summed E-state index contributed by atoms with van der Waals surface area (Å²) in [5.41, 5.74) is 4.16. The Morgan fingerprint density at radius 3 is 2.31 bits per heavy atom. The fourth-order valence-corrected chi connectivity index (χ4v) is 4.90. The topological polar surface area (TPSA) is 84.2 Å². The van der Waals surface area contributed by atoms with Crippen molar-refractivity contribution < 1.29 is 19.1 Å². The van der Waals surface area contributed by atoms with Crippen LogP contribution in [0.15, 0.2) is 73.2 Å². The molecule has 1 saturated carbocycles. The van der Waals surface area contributed by atoms with Gasteiger partial charge in [0.15, 0.2) is 0 Å². The van der Waals surface area contributed by atoms with Gasteiger partial charge in [0.1, 0.15) is 5.82 Å². The minimum Gasteiger partial charge on any atom is -0.481 e. The number of aliphatic carboxylic acids is 1. The van der Waals surface area contributed by atoms with Gasteiger partial charge in [-0.3, -0.25) is 14.6 Å². The molecule has 0 aliphatic heterocycles. The largest absolute Gasteiger partial charge is 0.481 e. The maximum absolute atomic E-state index is 14.6. The van der Waals surface area contributed by atoms with Crippen molar-refractivity contribution in [3.05, 3.63) is 90.1 Å². The molecule has 1 aliphatic carbocycles. The zero-order valence-corrected chi connectivity index (χ0v) is 19.2. The normalized spacial score (nSPS) is 17.9. The molecule has 2 heterocycles. The highest BCUT2D eigenvalue weighted by Gasteiger charge is 2.27. The first kappa shape index (κ1) is 22.8. The van der Waals surface area contributed by atoms with Crippen LogP contribution in [0.4, 0.5) is 4.39 Å². The van der Waals surface area contributed by atoms with Crippen molar-refractivity contribution in [3.8, 4) is 11.1 Å². The van der Waals surface area contributed by atoms with Gasteiger partial charge in [-0.15, -0.1) is 0 Å². The second-order valence-electron chi connectivity index (χ2n) is 9.09. The molecule has 7 heteroatoms. The standard InChI is InChI=1S/C28H26FN3O3/c29-25-10-9-24(27(33)31-22-7-5-21(6-8-22)28(34)35)26-23(25)13-16-32(26)17-18-1-3-19(4-2-18)20-11-14-30-15-12-20/h1-4,9-16,21-22H,5-8,17H2,(H,31,33)(H,34,35). The average Bonchev–Trinajstić information content (AvgIpc) is 3.30. The van der Waals surface area contributed by atoms with E-state index in [9.17, 15) is 19.1 Å². The molecule has 1 fully saturated rings. The molecule has 2 aromatic heterocycles. The van der Waals surface area contributed by atoms with Crippen LogP contribution in [-0.4, -0.2) is 32.6 Å². The number of carboxylic acid groups (broad SMARTS) is 1. The fourth-order valence-electron chi connectivity index (χ4n) is 4.90. The van der Waals surface area contributed by atoms with Gasteiger partial charge >= 0.3 is 5.97 Å². The summed E-state index contributed by atoms with van der Waals surface area (Å²) in [7, 11) is 0. The first-order valence-corrected chi connectivity index (χ1v) is 11.8. The molecule has 1 amide bonds.